The molecule has 1 rings (SSSR count). The number of carboxylic acids is 1. The van der Waals surface area contributed by atoms with Crippen LogP contribution in [0.25, 0.3) is 0 Å². The van der Waals surface area contributed by atoms with Gasteiger partial charge in [0, 0.05) is 6.42 Å². The molecule has 0 spiro atoms. The molecule has 0 amide bonds. The molecule has 1 unspecified atom stereocenters. The first-order valence-electron chi connectivity index (χ1n) is 8.91. The van der Waals surface area contributed by atoms with Crippen LogP contribution < -0.4 is 11.0 Å². The Morgan fingerprint density at radius 2 is 1.67 bits per heavy atom. The van der Waals surface area contributed by atoms with Gasteiger partial charge in [0.1, 0.15) is 0 Å². The summed E-state index contributed by atoms with van der Waals surface area (Å²) in [5.74, 6) is -2.45. The monoisotopic (exact) mass is 401 g/mol. The minimum atomic E-state index is -3.44. The normalized spacial score (nSPS) is 13.8. The fourth-order valence-electron chi connectivity index (χ4n) is 2.32. The van der Waals surface area contributed by atoms with Crippen LogP contribution in [0.1, 0.15) is 39.2 Å². The SMILES string of the molecule is CCCCOC(=O)C(N)(Cc1ccc(P(=O)(OCC)OCC)cc1)C(=O)O. The third kappa shape index (κ3) is 6.14. The van der Waals surface area contributed by atoms with Gasteiger partial charge < -0.3 is 24.6 Å². The number of nitrogens with two attached hydrogens (primary N) is 1. The smallest absolute Gasteiger partial charge is 0.361 e. The largest absolute Gasteiger partial charge is 0.479 e. The van der Waals surface area contributed by atoms with Crippen LogP contribution in [0.3, 0.4) is 0 Å². The fourth-order valence-corrected chi connectivity index (χ4v) is 3.88. The zero-order valence-corrected chi connectivity index (χ0v) is 16.9. The average molecular weight is 401 g/mol. The van der Waals surface area contributed by atoms with Gasteiger partial charge in [-0.1, -0.05) is 25.5 Å². The quantitative estimate of drug-likeness (QED) is 0.236. The molecule has 0 aliphatic heterocycles. The Morgan fingerprint density at radius 3 is 2.11 bits per heavy atom. The first kappa shape index (κ1) is 23.3. The highest BCUT2D eigenvalue weighted by Gasteiger charge is 2.44. The van der Waals surface area contributed by atoms with Crippen molar-refractivity contribution < 1.29 is 33.0 Å². The molecular formula is C18H28NO7P. The van der Waals surface area contributed by atoms with Gasteiger partial charge in [0.15, 0.2) is 0 Å². The number of benzene rings is 1. The summed E-state index contributed by atoms with van der Waals surface area (Å²) in [5, 5.41) is 9.78. The molecule has 8 nitrogen and oxygen atoms in total. The Balaban J connectivity index is 3.00. The van der Waals surface area contributed by atoms with Gasteiger partial charge in [0.05, 0.1) is 25.1 Å². The number of aliphatic carboxylic acids is 1. The van der Waals surface area contributed by atoms with Crippen LogP contribution in [0.2, 0.25) is 0 Å². The Kier molecular flexibility index (Phi) is 9.12. The van der Waals surface area contributed by atoms with Crippen LogP contribution in [0.4, 0.5) is 0 Å². The second-order valence-electron chi connectivity index (χ2n) is 5.94. The zero-order chi connectivity index (χ0) is 20.5. The van der Waals surface area contributed by atoms with Crippen molar-refractivity contribution in [2.75, 3.05) is 19.8 Å². The lowest BCUT2D eigenvalue weighted by molar-refractivity contribution is -0.161. The number of ether oxygens (including phenoxy) is 1. The molecule has 0 fully saturated rings. The number of carbonyl (C=O) groups excluding carboxylic acids is 1. The summed E-state index contributed by atoms with van der Waals surface area (Å²) >= 11 is 0. The van der Waals surface area contributed by atoms with E-state index in [4.69, 9.17) is 19.5 Å². The molecule has 0 heterocycles. The van der Waals surface area contributed by atoms with Crippen molar-refractivity contribution in [3.05, 3.63) is 29.8 Å². The topological polar surface area (TPSA) is 125 Å². The van der Waals surface area contributed by atoms with Crippen molar-refractivity contribution in [1.82, 2.24) is 0 Å². The van der Waals surface area contributed by atoms with Crippen LogP contribution in [0.5, 0.6) is 0 Å². The highest BCUT2D eigenvalue weighted by atomic mass is 31.2. The number of hydrogen-bond donors (Lipinski definition) is 2. The minimum Gasteiger partial charge on any atom is -0.479 e. The average Bonchev–Trinajstić information content (AvgIpc) is 2.62. The maximum absolute atomic E-state index is 12.7. The second kappa shape index (κ2) is 10.6. The molecule has 1 atom stereocenters. The van der Waals surface area contributed by atoms with Gasteiger partial charge in [-0.3, -0.25) is 4.57 Å². The van der Waals surface area contributed by atoms with Crippen LogP contribution in [-0.4, -0.2) is 42.4 Å². The molecule has 0 saturated carbocycles. The third-order valence-electron chi connectivity index (χ3n) is 3.81. The van der Waals surface area contributed by atoms with E-state index < -0.39 is 25.1 Å². The predicted octanol–water partition coefficient (Wildman–Crippen LogP) is 2.25. The van der Waals surface area contributed by atoms with E-state index in [1.165, 1.54) is 12.1 Å². The van der Waals surface area contributed by atoms with E-state index in [1.54, 1.807) is 26.0 Å². The van der Waals surface area contributed by atoms with E-state index in [-0.39, 0.29) is 26.2 Å². The second-order valence-corrected chi connectivity index (χ2v) is 7.97. The summed E-state index contributed by atoms with van der Waals surface area (Å²) in [6, 6.07) is 6.13. The van der Waals surface area contributed by atoms with Gasteiger partial charge in [-0.15, -0.1) is 0 Å². The van der Waals surface area contributed by atoms with Gasteiger partial charge in [0.25, 0.3) is 0 Å². The molecule has 27 heavy (non-hydrogen) atoms. The first-order valence-corrected chi connectivity index (χ1v) is 10.5. The van der Waals surface area contributed by atoms with Crippen LogP contribution >= 0.6 is 7.60 Å². The number of unbranched alkanes of at least 4 members (excludes halogenated alkanes) is 1. The van der Waals surface area contributed by atoms with E-state index >= 15 is 0 Å². The Bertz CT molecular complexity index is 667. The molecule has 0 aliphatic carbocycles. The predicted molar refractivity (Wildman–Crippen MR) is 101 cm³/mol. The summed E-state index contributed by atoms with van der Waals surface area (Å²) < 4.78 is 28.3. The van der Waals surface area contributed by atoms with Crippen LogP contribution in [0, 0.1) is 0 Å². The van der Waals surface area contributed by atoms with Crippen molar-refractivity contribution in [2.24, 2.45) is 5.73 Å². The van der Waals surface area contributed by atoms with Crippen molar-refractivity contribution in [3.8, 4) is 0 Å². The number of rotatable bonds is 12. The van der Waals surface area contributed by atoms with Crippen LogP contribution in [0.15, 0.2) is 24.3 Å². The Labute approximate surface area is 159 Å². The molecule has 0 radical (unpaired) electrons. The minimum absolute atomic E-state index is 0.117. The van der Waals surface area contributed by atoms with Crippen molar-refractivity contribution in [1.29, 1.82) is 0 Å². The van der Waals surface area contributed by atoms with E-state index in [1.807, 2.05) is 6.92 Å². The van der Waals surface area contributed by atoms with Gasteiger partial charge >= 0.3 is 19.5 Å². The molecule has 3 N–H and O–H groups in total. The number of carboxylic acid groups (broad SMARTS) is 1. The molecule has 1 aromatic rings. The van der Waals surface area contributed by atoms with Crippen molar-refractivity contribution in [2.45, 2.75) is 45.6 Å². The number of carbonyl (C=O) groups is 2. The maximum Gasteiger partial charge on any atom is 0.361 e. The molecule has 152 valence electrons. The molecule has 9 heteroatoms. The molecule has 1 aromatic carbocycles. The summed E-state index contributed by atoms with van der Waals surface area (Å²) in [6.45, 7) is 5.89. The number of esters is 1. The van der Waals surface area contributed by atoms with Gasteiger partial charge in [0.2, 0.25) is 5.54 Å². The lowest BCUT2D eigenvalue weighted by Crippen LogP contribution is -2.57. The first-order chi connectivity index (χ1) is 12.7. The fraction of sp³-hybridized carbons (Fsp3) is 0.556. The Morgan fingerprint density at radius 1 is 1.11 bits per heavy atom. The van der Waals surface area contributed by atoms with Gasteiger partial charge in [-0.2, -0.15) is 0 Å². The van der Waals surface area contributed by atoms with Gasteiger partial charge in [-0.25, -0.2) is 9.59 Å². The van der Waals surface area contributed by atoms with Crippen molar-refractivity contribution >= 4 is 24.8 Å². The highest BCUT2D eigenvalue weighted by molar-refractivity contribution is 7.62. The van der Waals surface area contributed by atoms with E-state index in [0.29, 0.717) is 17.3 Å². The van der Waals surface area contributed by atoms with Crippen LogP contribution in [-0.2, 0) is 34.4 Å². The Hall–Kier alpha value is -1.73. The molecule has 0 saturated heterocycles. The third-order valence-corrected chi connectivity index (χ3v) is 5.94. The lowest BCUT2D eigenvalue weighted by Gasteiger charge is -2.23. The molecule has 0 aromatic heterocycles. The van der Waals surface area contributed by atoms with Crippen molar-refractivity contribution in [3.63, 3.8) is 0 Å². The summed E-state index contributed by atoms with van der Waals surface area (Å²) in [6.07, 6.45) is 1.17. The summed E-state index contributed by atoms with van der Waals surface area (Å²) in [7, 11) is -3.44. The van der Waals surface area contributed by atoms with E-state index in [9.17, 15) is 19.3 Å². The molecule has 0 aliphatic rings. The maximum atomic E-state index is 12.7. The van der Waals surface area contributed by atoms with E-state index in [2.05, 4.69) is 0 Å². The van der Waals surface area contributed by atoms with E-state index in [0.717, 1.165) is 6.42 Å². The zero-order valence-electron chi connectivity index (χ0n) is 16.0. The summed E-state index contributed by atoms with van der Waals surface area (Å²) in [5.41, 5.74) is 4.13. The number of hydrogen-bond acceptors (Lipinski definition) is 7. The highest BCUT2D eigenvalue weighted by Crippen LogP contribution is 2.46. The lowest BCUT2D eigenvalue weighted by atomic mass is 9.92. The molecule has 0 bridgehead atoms. The summed E-state index contributed by atoms with van der Waals surface area (Å²) in [4.78, 5) is 23.8. The molecular weight excluding hydrogens is 373 g/mol. The van der Waals surface area contributed by atoms with Gasteiger partial charge in [-0.05, 0) is 38.0 Å². The standard InChI is InChI=1S/C18H28NO7P/c1-4-7-12-24-17(22)18(19,16(20)21)13-14-8-10-15(11-9-14)27(23,25-5-2)26-6-3/h8-11H,4-7,12-13,19H2,1-3H3,(H,20,21).